The van der Waals surface area contributed by atoms with Crippen molar-refractivity contribution < 1.29 is 9.53 Å². The van der Waals surface area contributed by atoms with E-state index in [1.165, 1.54) is 25.7 Å². The molecule has 0 bridgehead atoms. The highest BCUT2D eigenvalue weighted by atomic mass is 16.5. The lowest BCUT2D eigenvalue weighted by molar-refractivity contribution is -0.119. The van der Waals surface area contributed by atoms with Crippen LogP contribution in [0.1, 0.15) is 32.6 Å². The van der Waals surface area contributed by atoms with E-state index < -0.39 is 5.91 Å². The second-order valence-electron chi connectivity index (χ2n) is 5.13. The van der Waals surface area contributed by atoms with Crippen molar-refractivity contribution >= 4 is 11.6 Å². The van der Waals surface area contributed by atoms with Gasteiger partial charge in [0.25, 0.3) is 5.91 Å². The Morgan fingerprint density at radius 1 is 1.47 bits per heavy atom. The molecule has 1 aliphatic rings. The molecule has 1 amide bonds. The molecule has 1 aromatic carbocycles. The number of amides is 1. The Labute approximate surface area is 114 Å². The van der Waals surface area contributed by atoms with Crippen LogP contribution in [0.15, 0.2) is 24.3 Å². The maximum absolute atomic E-state index is 10.7. The second-order valence-corrected chi connectivity index (χ2v) is 5.13. The minimum Gasteiger partial charge on any atom is -0.484 e. The molecule has 0 aromatic heterocycles. The SMILES string of the molecule is CCC1CCCC1Nc1cccc(OCC(N)=O)c1. The van der Waals surface area contributed by atoms with Crippen molar-refractivity contribution in [2.45, 2.75) is 38.6 Å². The minimum absolute atomic E-state index is 0.0789. The van der Waals surface area contributed by atoms with Gasteiger partial charge in [-0.1, -0.05) is 25.8 Å². The van der Waals surface area contributed by atoms with Gasteiger partial charge in [0.05, 0.1) is 0 Å². The number of ether oxygens (including phenoxy) is 1. The van der Waals surface area contributed by atoms with Crippen molar-refractivity contribution in [2.75, 3.05) is 11.9 Å². The van der Waals surface area contributed by atoms with Crippen molar-refractivity contribution in [3.63, 3.8) is 0 Å². The molecule has 19 heavy (non-hydrogen) atoms. The summed E-state index contributed by atoms with van der Waals surface area (Å²) in [4.78, 5) is 10.7. The van der Waals surface area contributed by atoms with Gasteiger partial charge in [-0.25, -0.2) is 0 Å². The van der Waals surface area contributed by atoms with Gasteiger partial charge in [-0.05, 0) is 30.9 Å². The van der Waals surface area contributed by atoms with E-state index in [1.807, 2.05) is 24.3 Å². The first-order valence-corrected chi connectivity index (χ1v) is 6.96. The number of nitrogens with one attached hydrogen (secondary N) is 1. The third-order valence-electron chi connectivity index (χ3n) is 3.75. The van der Waals surface area contributed by atoms with Crippen molar-refractivity contribution in [3.05, 3.63) is 24.3 Å². The Hall–Kier alpha value is -1.71. The predicted octanol–water partition coefficient (Wildman–Crippen LogP) is 2.54. The average Bonchev–Trinajstić information content (AvgIpc) is 2.84. The maximum atomic E-state index is 10.7. The third-order valence-corrected chi connectivity index (χ3v) is 3.75. The summed E-state index contributed by atoms with van der Waals surface area (Å²) in [6.07, 6.45) is 5.06. The van der Waals surface area contributed by atoms with Crippen LogP contribution in [-0.2, 0) is 4.79 Å². The van der Waals surface area contributed by atoms with Crippen LogP contribution in [0.3, 0.4) is 0 Å². The van der Waals surface area contributed by atoms with E-state index in [-0.39, 0.29) is 6.61 Å². The largest absolute Gasteiger partial charge is 0.484 e. The zero-order chi connectivity index (χ0) is 13.7. The Kier molecular flexibility index (Phi) is 4.66. The molecule has 1 aliphatic carbocycles. The highest BCUT2D eigenvalue weighted by Gasteiger charge is 2.25. The van der Waals surface area contributed by atoms with E-state index in [9.17, 15) is 4.79 Å². The number of benzene rings is 1. The van der Waals surface area contributed by atoms with Gasteiger partial charge in [0, 0.05) is 17.8 Å². The maximum Gasteiger partial charge on any atom is 0.255 e. The number of rotatable bonds is 6. The molecule has 4 heteroatoms. The average molecular weight is 262 g/mol. The van der Waals surface area contributed by atoms with Gasteiger partial charge >= 0.3 is 0 Å². The molecular formula is C15H22N2O2. The molecule has 104 valence electrons. The molecule has 0 heterocycles. The summed E-state index contributed by atoms with van der Waals surface area (Å²) in [7, 11) is 0. The number of primary amides is 1. The van der Waals surface area contributed by atoms with Crippen molar-refractivity contribution in [1.82, 2.24) is 0 Å². The molecule has 3 N–H and O–H groups in total. The van der Waals surface area contributed by atoms with E-state index in [4.69, 9.17) is 10.5 Å². The summed E-state index contributed by atoms with van der Waals surface area (Å²) in [5, 5.41) is 3.57. The highest BCUT2D eigenvalue weighted by Crippen LogP contribution is 2.31. The molecule has 2 unspecified atom stereocenters. The first-order chi connectivity index (χ1) is 9.19. The fourth-order valence-electron chi connectivity index (χ4n) is 2.76. The summed E-state index contributed by atoms with van der Waals surface area (Å²) in [6.45, 7) is 2.17. The lowest BCUT2D eigenvalue weighted by Gasteiger charge is -2.21. The summed E-state index contributed by atoms with van der Waals surface area (Å²) < 4.78 is 5.31. The second kappa shape index (κ2) is 6.45. The van der Waals surface area contributed by atoms with Gasteiger partial charge in [0.1, 0.15) is 5.75 Å². The van der Waals surface area contributed by atoms with Gasteiger partial charge in [-0.3, -0.25) is 4.79 Å². The number of carbonyl (C=O) groups is 1. The monoisotopic (exact) mass is 262 g/mol. The fraction of sp³-hybridized carbons (Fsp3) is 0.533. The van der Waals surface area contributed by atoms with Crippen molar-refractivity contribution in [3.8, 4) is 5.75 Å². The molecule has 1 aromatic rings. The van der Waals surface area contributed by atoms with Gasteiger partial charge in [0.2, 0.25) is 0 Å². The zero-order valence-electron chi connectivity index (χ0n) is 11.4. The highest BCUT2D eigenvalue weighted by molar-refractivity contribution is 5.75. The van der Waals surface area contributed by atoms with Crippen LogP contribution < -0.4 is 15.8 Å². The van der Waals surface area contributed by atoms with Crippen LogP contribution >= 0.6 is 0 Å². The van der Waals surface area contributed by atoms with Crippen LogP contribution in [0.25, 0.3) is 0 Å². The van der Waals surface area contributed by atoms with E-state index in [1.54, 1.807) is 0 Å². The number of anilines is 1. The van der Waals surface area contributed by atoms with E-state index >= 15 is 0 Å². The fourth-order valence-corrected chi connectivity index (χ4v) is 2.76. The summed E-state index contributed by atoms with van der Waals surface area (Å²) in [6, 6.07) is 8.27. The lowest BCUT2D eigenvalue weighted by atomic mass is 10.0. The topological polar surface area (TPSA) is 64.3 Å². The predicted molar refractivity (Wildman–Crippen MR) is 76.2 cm³/mol. The van der Waals surface area contributed by atoms with Crippen LogP contribution in [0.5, 0.6) is 5.75 Å². The molecule has 2 atom stereocenters. The summed E-state index contributed by atoms with van der Waals surface area (Å²) in [5.41, 5.74) is 6.12. The quantitative estimate of drug-likeness (QED) is 0.828. The summed E-state index contributed by atoms with van der Waals surface area (Å²) in [5.74, 6) is 0.977. The van der Waals surface area contributed by atoms with E-state index in [2.05, 4.69) is 12.2 Å². The van der Waals surface area contributed by atoms with Gasteiger partial charge in [-0.2, -0.15) is 0 Å². The molecule has 1 saturated carbocycles. The normalized spacial score (nSPS) is 22.2. The van der Waals surface area contributed by atoms with Crippen LogP contribution in [-0.4, -0.2) is 18.6 Å². The molecule has 1 fully saturated rings. The number of nitrogens with two attached hydrogens (primary N) is 1. The smallest absolute Gasteiger partial charge is 0.255 e. The first kappa shape index (κ1) is 13.7. The van der Waals surface area contributed by atoms with Crippen LogP contribution in [0, 0.1) is 5.92 Å². The zero-order valence-corrected chi connectivity index (χ0v) is 11.4. The first-order valence-electron chi connectivity index (χ1n) is 6.96. The van der Waals surface area contributed by atoms with Gasteiger partial charge < -0.3 is 15.8 Å². The Morgan fingerprint density at radius 2 is 2.32 bits per heavy atom. The molecule has 0 radical (unpaired) electrons. The molecule has 2 rings (SSSR count). The van der Waals surface area contributed by atoms with Crippen molar-refractivity contribution in [2.24, 2.45) is 11.7 Å². The van der Waals surface area contributed by atoms with Gasteiger partial charge in [-0.15, -0.1) is 0 Å². The molecule has 4 nitrogen and oxygen atoms in total. The summed E-state index contributed by atoms with van der Waals surface area (Å²) >= 11 is 0. The third kappa shape index (κ3) is 3.88. The molecule has 0 aliphatic heterocycles. The van der Waals surface area contributed by atoms with E-state index in [0.717, 1.165) is 11.6 Å². The minimum atomic E-state index is -0.458. The Morgan fingerprint density at radius 3 is 3.05 bits per heavy atom. The Bertz CT molecular complexity index is 434. The number of hydrogen-bond donors (Lipinski definition) is 2. The number of hydrogen-bond acceptors (Lipinski definition) is 3. The molecular weight excluding hydrogens is 240 g/mol. The van der Waals surface area contributed by atoms with E-state index in [0.29, 0.717) is 11.8 Å². The van der Waals surface area contributed by atoms with Crippen LogP contribution in [0.2, 0.25) is 0 Å². The lowest BCUT2D eigenvalue weighted by Crippen LogP contribution is -2.23. The number of carbonyl (C=O) groups excluding carboxylic acids is 1. The Balaban J connectivity index is 1.96. The van der Waals surface area contributed by atoms with Gasteiger partial charge in [0.15, 0.2) is 6.61 Å². The van der Waals surface area contributed by atoms with Crippen LogP contribution in [0.4, 0.5) is 5.69 Å². The molecule has 0 spiro atoms. The molecule has 0 saturated heterocycles. The van der Waals surface area contributed by atoms with Crippen molar-refractivity contribution in [1.29, 1.82) is 0 Å². The standard InChI is InChI=1S/C15H22N2O2/c1-2-11-5-3-8-14(11)17-12-6-4-7-13(9-12)19-10-15(16)18/h4,6-7,9,11,14,17H,2-3,5,8,10H2,1H3,(H2,16,18).